The third kappa shape index (κ3) is 4.85. The van der Waals surface area contributed by atoms with Crippen molar-refractivity contribution in [1.29, 1.82) is 0 Å². The number of benzene rings is 2. The third-order valence-corrected chi connectivity index (χ3v) is 7.59. The summed E-state index contributed by atoms with van der Waals surface area (Å²) in [5.41, 5.74) is 3.68. The molecule has 1 N–H and O–H groups in total. The van der Waals surface area contributed by atoms with Crippen LogP contribution in [0.1, 0.15) is 24.3 Å². The Hall–Kier alpha value is -2.25. The van der Waals surface area contributed by atoms with Gasteiger partial charge in [0.1, 0.15) is 0 Å². The number of rotatable bonds is 5. The van der Waals surface area contributed by atoms with Crippen molar-refractivity contribution in [2.75, 3.05) is 59.1 Å². The molecule has 3 heterocycles. The van der Waals surface area contributed by atoms with Gasteiger partial charge in [0.05, 0.1) is 26.4 Å². The van der Waals surface area contributed by atoms with E-state index in [2.05, 4.69) is 63.2 Å². The second-order valence-electron chi connectivity index (χ2n) is 9.50. The summed E-state index contributed by atoms with van der Waals surface area (Å²) in [6.07, 6.45) is 2.08. The van der Waals surface area contributed by atoms with Crippen molar-refractivity contribution in [1.82, 2.24) is 14.7 Å². The highest BCUT2D eigenvalue weighted by Crippen LogP contribution is 2.42. The Labute approximate surface area is 196 Å². The summed E-state index contributed by atoms with van der Waals surface area (Å²) >= 11 is 0. The monoisotopic (exact) mass is 449 g/mol. The number of amides is 1. The van der Waals surface area contributed by atoms with Gasteiger partial charge in [0, 0.05) is 44.2 Å². The second-order valence-corrected chi connectivity index (χ2v) is 9.50. The van der Waals surface area contributed by atoms with Crippen LogP contribution < -0.4 is 0 Å². The van der Waals surface area contributed by atoms with Crippen molar-refractivity contribution in [2.24, 2.45) is 0 Å². The first-order chi connectivity index (χ1) is 16.2. The van der Waals surface area contributed by atoms with Gasteiger partial charge in [-0.05, 0) is 36.1 Å². The number of nitrogens with zero attached hydrogens (tertiary/aromatic N) is 3. The summed E-state index contributed by atoms with van der Waals surface area (Å²) in [6.45, 7) is 6.29. The lowest BCUT2D eigenvalue weighted by atomic mass is 9.74. The van der Waals surface area contributed by atoms with E-state index in [0.717, 1.165) is 45.6 Å². The fraction of sp³-hybridized carbons (Fsp3) is 0.519. The van der Waals surface area contributed by atoms with Gasteiger partial charge >= 0.3 is 0 Å². The number of ether oxygens (including phenoxy) is 1. The van der Waals surface area contributed by atoms with Crippen LogP contribution >= 0.6 is 0 Å². The molecule has 0 spiro atoms. The van der Waals surface area contributed by atoms with Crippen LogP contribution in [0.25, 0.3) is 11.1 Å². The van der Waals surface area contributed by atoms with Gasteiger partial charge < -0.3 is 14.7 Å². The molecule has 2 aromatic rings. The van der Waals surface area contributed by atoms with Crippen LogP contribution in [-0.2, 0) is 9.53 Å². The van der Waals surface area contributed by atoms with Crippen LogP contribution in [0, 0.1) is 0 Å². The summed E-state index contributed by atoms with van der Waals surface area (Å²) in [4.78, 5) is 19.9. The predicted molar refractivity (Wildman–Crippen MR) is 129 cm³/mol. The minimum atomic E-state index is 0.131. The van der Waals surface area contributed by atoms with Crippen LogP contribution in [0.2, 0.25) is 0 Å². The number of fused-ring (bicyclic) bond motifs is 1. The zero-order valence-electron chi connectivity index (χ0n) is 19.3. The largest absolute Gasteiger partial charge is 0.395 e. The van der Waals surface area contributed by atoms with Gasteiger partial charge in [-0.25, -0.2) is 0 Å². The van der Waals surface area contributed by atoms with E-state index in [1.807, 2.05) is 6.07 Å². The van der Waals surface area contributed by atoms with Crippen LogP contribution in [0.3, 0.4) is 0 Å². The van der Waals surface area contributed by atoms with E-state index < -0.39 is 0 Å². The molecule has 0 saturated carbocycles. The van der Waals surface area contributed by atoms with E-state index >= 15 is 0 Å². The highest BCUT2D eigenvalue weighted by Gasteiger charge is 2.49. The molecule has 2 aromatic carbocycles. The van der Waals surface area contributed by atoms with Crippen molar-refractivity contribution in [3.63, 3.8) is 0 Å². The highest BCUT2D eigenvalue weighted by atomic mass is 16.5. The Kier molecular flexibility index (Phi) is 7.07. The van der Waals surface area contributed by atoms with Crippen LogP contribution in [-0.4, -0.2) is 96.9 Å². The van der Waals surface area contributed by atoms with E-state index in [4.69, 9.17) is 4.74 Å². The Bertz CT molecular complexity index is 914. The van der Waals surface area contributed by atoms with E-state index in [9.17, 15) is 9.90 Å². The van der Waals surface area contributed by atoms with Crippen LogP contribution in [0.15, 0.2) is 54.6 Å². The smallest absolute Gasteiger partial charge is 0.236 e. The molecule has 0 bridgehead atoms. The Morgan fingerprint density at radius 2 is 1.61 bits per heavy atom. The van der Waals surface area contributed by atoms with Gasteiger partial charge in [0.2, 0.25) is 5.91 Å². The molecule has 0 radical (unpaired) electrons. The Morgan fingerprint density at radius 1 is 0.909 bits per heavy atom. The van der Waals surface area contributed by atoms with Gasteiger partial charge in [0.15, 0.2) is 0 Å². The summed E-state index contributed by atoms with van der Waals surface area (Å²) in [5, 5.41) is 10.2. The summed E-state index contributed by atoms with van der Waals surface area (Å²) in [6, 6.07) is 19.6. The molecule has 0 aliphatic carbocycles. The molecule has 3 fully saturated rings. The number of carbonyl (C=O) groups is 1. The fourth-order valence-electron chi connectivity index (χ4n) is 5.75. The molecule has 3 aliphatic rings. The van der Waals surface area contributed by atoms with E-state index in [1.165, 1.54) is 16.7 Å². The van der Waals surface area contributed by atoms with Crippen molar-refractivity contribution in [3.8, 4) is 11.1 Å². The first-order valence-corrected chi connectivity index (χ1v) is 12.3. The molecule has 6 nitrogen and oxygen atoms in total. The normalized spacial score (nSPS) is 26.7. The van der Waals surface area contributed by atoms with Gasteiger partial charge in [-0.15, -0.1) is 0 Å². The molecule has 3 atom stereocenters. The molecular formula is C27H35N3O3. The number of aliphatic hydroxyl groups excluding tert-OH is 1. The SMILES string of the molecule is O=C(CN1CCOCC1)N1CCCCN2[C@H](CO)[C@H](c3ccc(-c4ccccc4)cc3)[C@H]2C1. The first-order valence-electron chi connectivity index (χ1n) is 12.3. The van der Waals surface area contributed by atoms with Crippen molar-refractivity contribution >= 4 is 5.91 Å². The Balaban J connectivity index is 1.31. The number of carbonyl (C=O) groups excluding carboxylic acids is 1. The fourth-order valence-corrected chi connectivity index (χ4v) is 5.75. The maximum atomic E-state index is 13.2. The number of morpholine rings is 1. The number of hydrogen-bond acceptors (Lipinski definition) is 5. The van der Waals surface area contributed by atoms with Gasteiger partial charge in [0.25, 0.3) is 0 Å². The lowest BCUT2D eigenvalue weighted by molar-refractivity contribution is -0.138. The van der Waals surface area contributed by atoms with Gasteiger partial charge in [-0.2, -0.15) is 0 Å². The minimum Gasteiger partial charge on any atom is -0.395 e. The minimum absolute atomic E-state index is 0.131. The molecule has 33 heavy (non-hydrogen) atoms. The van der Waals surface area contributed by atoms with Crippen LogP contribution in [0.5, 0.6) is 0 Å². The average molecular weight is 450 g/mol. The number of aliphatic hydroxyl groups is 1. The molecule has 6 heteroatoms. The van der Waals surface area contributed by atoms with Crippen molar-refractivity contribution in [2.45, 2.75) is 30.8 Å². The summed E-state index contributed by atoms with van der Waals surface area (Å²) in [7, 11) is 0. The average Bonchev–Trinajstić information content (AvgIpc) is 2.84. The van der Waals surface area contributed by atoms with Crippen LogP contribution in [0.4, 0.5) is 0 Å². The zero-order chi connectivity index (χ0) is 22.6. The molecular weight excluding hydrogens is 414 g/mol. The molecule has 1 amide bonds. The van der Waals surface area contributed by atoms with Crippen molar-refractivity contribution < 1.29 is 14.6 Å². The number of hydrogen-bond donors (Lipinski definition) is 1. The molecule has 0 aromatic heterocycles. The summed E-state index contributed by atoms with van der Waals surface area (Å²) in [5.74, 6) is 0.473. The van der Waals surface area contributed by atoms with E-state index in [0.29, 0.717) is 19.8 Å². The van der Waals surface area contributed by atoms with Gasteiger partial charge in [-0.1, -0.05) is 54.6 Å². The lowest BCUT2D eigenvalue weighted by Crippen LogP contribution is -2.68. The lowest BCUT2D eigenvalue weighted by Gasteiger charge is -2.57. The summed E-state index contributed by atoms with van der Waals surface area (Å²) < 4.78 is 5.43. The maximum Gasteiger partial charge on any atom is 0.236 e. The molecule has 0 unspecified atom stereocenters. The quantitative estimate of drug-likeness (QED) is 0.760. The topological polar surface area (TPSA) is 56.2 Å². The predicted octanol–water partition coefficient (Wildman–Crippen LogP) is 2.44. The van der Waals surface area contributed by atoms with E-state index in [1.54, 1.807) is 0 Å². The Morgan fingerprint density at radius 3 is 2.33 bits per heavy atom. The highest BCUT2D eigenvalue weighted by molar-refractivity contribution is 5.78. The molecule has 3 aliphatic heterocycles. The zero-order valence-corrected chi connectivity index (χ0v) is 19.3. The molecule has 176 valence electrons. The first kappa shape index (κ1) is 22.5. The van der Waals surface area contributed by atoms with Crippen molar-refractivity contribution in [3.05, 3.63) is 60.2 Å². The third-order valence-electron chi connectivity index (χ3n) is 7.59. The van der Waals surface area contributed by atoms with Gasteiger partial charge in [-0.3, -0.25) is 14.6 Å². The van der Waals surface area contributed by atoms with E-state index in [-0.39, 0.29) is 30.5 Å². The molecule has 3 saturated heterocycles. The molecule has 5 rings (SSSR count). The maximum absolute atomic E-state index is 13.2. The standard InChI is InChI=1S/C27H35N3O3/c31-20-25-27(23-10-8-22(9-11-23)21-6-2-1-3-7-21)24-18-29(12-4-5-13-30(24)25)26(32)19-28-14-16-33-17-15-28/h1-3,6-11,24-25,27,31H,4-5,12-20H2/t24-,25-,27-/m1/s1. The second kappa shape index (κ2) is 10.3.